The van der Waals surface area contributed by atoms with Gasteiger partial charge in [0, 0.05) is 27.9 Å². The van der Waals surface area contributed by atoms with Gasteiger partial charge in [-0.2, -0.15) is 0 Å². The topological polar surface area (TPSA) is 3.24 Å². The van der Waals surface area contributed by atoms with Gasteiger partial charge < -0.3 is 4.90 Å². The fraction of sp³-hybridized carbons (Fsp3) is 0.143. The molecule has 57 heavy (non-hydrogen) atoms. The molecule has 1 heteroatoms. The molecule has 0 heterocycles. The van der Waals surface area contributed by atoms with E-state index >= 15 is 0 Å². The Morgan fingerprint density at radius 1 is 0.351 bits per heavy atom. The SMILES string of the molecule is CC1(C)c2ccccc2-c2cccc(-c3cccc(N(c4ccc(-c5ccccc5)c(-c5ccccc5)c4)c4ccc5c(c4)C4(CCCC4)c4ccccc4-5)c3)c21. The molecule has 3 aliphatic carbocycles. The number of fused-ring (bicyclic) bond motifs is 8. The highest BCUT2D eigenvalue weighted by atomic mass is 15.1. The van der Waals surface area contributed by atoms with Crippen LogP contribution in [-0.4, -0.2) is 0 Å². The Labute approximate surface area is 336 Å². The predicted octanol–water partition coefficient (Wildman–Crippen LogP) is 15.3. The maximum Gasteiger partial charge on any atom is 0.0468 e. The van der Waals surface area contributed by atoms with E-state index < -0.39 is 0 Å². The Kier molecular flexibility index (Phi) is 7.76. The van der Waals surface area contributed by atoms with Gasteiger partial charge in [0.05, 0.1) is 0 Å². The molecule has 0 aliphatic heterocycles. The standard InChI is InChI=1S/C56H45N/c1-55(2)51-27-11-9-24-47(51)49-26-16-25-45(54(49)55)40-21-15-22-41(35-40)57(42-29-31-44(38-17-5-3-6-18-38)50(36-42)39-19-7-4-8-20-39)43-30-32-48-46-23-10-12-28-52(46)56(53(48)37-43)33-13-14-34-56/h3-12,15-32,35-37H,13-14,33-34H2,1-2H3. The summed E-state index contributed by atoms with van der Waals surface area (Å²) in [5, 5.41) is 0. The van der Waals surface area contributed by atoms with Gasteiger partial charge in [0.2, 0.25) is 0 Å². The average Bonchev–Trinajstić information content (AvgIpc) is 3.94. The highest BCUT2D eigenvalue weighted by Crippen LogP contribution is 2.58. The molecule has 0 bridgehead atoms. The lowest BCUT2D eigenvalue weighted by Gasteiger charge is -2.31. The molecule has 8 aromatic carbocycles. The fourth-order valence-corrected chi connectivity index (χ4v) is 10.8. The summed E-state index contributed by atoms with van der Waals surface area (Å²) >= 11 is 0. The Morgan fingerprint density at radius 3 is 1.60 bits per heavy atom. The van der Waals surface area contributed by atoms with E-state index in [9.17, 15) is 0 Å². The van der Waals surface area contributed by atoms with E-state index in [-0.39, 0.29) is 10.8 Å². The van der Waals surface area contributed by atoms with Crippen LogP contribution in [0.3, 0.4) is 0 Å². The molecule has 0 radical (unpaired) electrons. The lowest BCUT2D eigenvalue weighted by molar-refractivity contribution is 0.550. The zero-order chi connectivity index (χ0) is 38.1. The van der Waals surface area contributed by atoms with Gasteiger partial charge in [0.25, 0.3) is 0 Å². The number of nitrogens with zero attached hydrogens (tertiary/aromatic N) is 1. The van der Waals surface area contributed by atoms with Crippen LogP contribution in [0.4, 0.5) is 17.1 Å². The van der Waals surface area contributed by atoms with E-state index in [1.54, 1.807) is 0 Å². The largest absolute Gasteiger partial charge is 0.310 e. The lowest BCUT2D eigenvalue weighted by atomic mass is 9.76. The molecule has 0 saturated heterocycles. The van der Waals surface area contributed by atoms with Crippen LogP contribution in [-0.2, 0) is 10.8 Å². The fourth-order valence-electron chi connectivity index (χ4n) is 10.8. The first-order valence-corrected chi connectivity index (χ1v) is 20.6. The van der Waals surface area contributed by atoms with Crippen LogP contribution in [0, 0.1) is 0 Å². The molecule has 0 amide bonds. The van der Waals surface area contributed by atoms with Crippen molar-refractivity contribution in [2.75, 3.05) is 4.90 Å². The number of hydrogen-bond donors (Lipinski definition) is 0. The number of rotatable bonds is 6. The zero-order valence-corrected chi connectivity index (χ0v) is 32.7. The van der Waals surface area contributed by atoms with Gasteiger partial charge in [-0.05, 0) is 127 Å². The highest BCUT2D eigenvalue weighted by molar-refractivity contribution is 5.93. The van der Waals surface area contributed by atoms with E-state index in [0.29, 0.717) is 0 Å². The van der Waals surface area contributed by atoms with Crippen LogP contribution in [0.2, 0.25) is 0 Å². The van der Waals surface area contributed by atoms with E-state index in [0.717, 1.165) is 11.4 Å². The smallest absolute Gasteiger partial charge is 0.0468 e. The Hall–Kier alpha value is -6.44. The normalized spacial score (nSPS) is 15.2. The van der Waals surface area contributed by atoms with Gasteiger partial charge in [0.1, 0.15) is 0 Å². The Bertz CT molecular complexity index is 2820. The van der Waals surface area contributed by atoms with E-state index in [4.69, 9.17) is 0 Å². The van der Waals surface area contributed by atoms with Gasteiger partial charge >= 0.3 is 0 Å². The molecule has 1 saturated carbocycles. The van der Waals surface area contributed by atoms with Crippen LogP contribution in [0.25, 0.3) is 55.6 Å². The second kappa shape index (κ2) is 13.1. The van der Waals surface area contributed by atoms with Gasteiger partial charge in [-0.1, -0.05) is 178 Å². The van der Waals surface area contributed by atoms with Crippen molar-refractivity contribution < 1.29 is 0 Å². The maximum absolute atomic E-state index is 2.54. The van der Waals surface area contributed by atoms with Crippen LogP contribution < -0.4 is 4.90 Å². The number of hydrogen-bond acceptors (Lipinski definition) is 1. The summed E-state index contributed by atoms with van der Waals surface area (Å²) in [7, 11) is 0. The van der Waals surface area contributed by atoms with Crippen molar-refractivity contribution in [3.8, 4) is 55.6 Å². The summed E-state index contributed by atoms with van der Waals surface area (Å²) in [6.07, 6.45) is 4.95. The van der Waals surface area contributed by atoms with Crippen LogP contribution in [0.1, 0.15) is 61.8 Å². The molecule has 0 unspecified atom stereocenters. The molecule has 0 N–H and O–H groups in total. The van der Waals surface area contributed by atoms with Crippen molar-refractivity contribution in [3.63, 3.8) is 0 Å². The Morgan fingerprint density at radius 2 is 0.860 bits per heavy atom. The first-order valence-electron chi connectivity index (χ1n) is 20.6. The second-order valence-corrected chi connectivity index (χ2v) is 16.8. The van der Waals surface area contributed by atoms with Crippen molar-refractivity contribution in [1.82, 2.24) is 0 Å². The van der Waals surface area contributed by atoms with Gasteiger partial charge in [0.15, 0.2) is 0 Å². The molecule has 274 valence electrons. The van der Waals surface area contributed by atoms with Crippen molar-refractivity contribution in [3.05, 3.63) is 210 Å². The van der Waals surface area contributed by atoms with Crippen molar-refractivity contribution in [2.45, 2.75) is 50.4 Å². The van der Waals surface area contributed by atoms with Gasteiger partial charge in [-0.3, -0.25) is 0 Å². The summed E-state index contributed by atoms with van der Waals surface area (Å²) < 4.78 is 0. The van der Waals surface area contributed by atoms with E-state index in [1.165, 1.54) is 109 Å². The van der Waals surface area contributed by atoms with Gasteiger partial charge in [-0.15, -0.1) is 0 Å². The van der Waals surface area contributed by atoms with E-state index in [1.807, 2.05) is 0 Å². The quantitative estimate of drug-likeness (QED) is 0.165. The molecule has 0 aromatic heterocycles. The molecule has 3 aliphatic rings. The maximum atomic E-state index is 2.54. The lowest BCUT2D eigenvalue weighted by Crippen LogP contribution is -2.21. The number of benzene rings is 8. The molecular weight excluding hydrogens is 687 g/mol. The summed E-state index contributed by atoms with van der Waals surface area (Å²) in [6, 6.07) is 70.4. The molecule has 11 rings (SSSR count). The first-order chi connectivity index (χ1) is 28.0. The summed E-state index contributed by atoms with van der Waals surface area (Å²) in [5.41, 5.74) is 22.2. The van der Waals surface area contributed by atoms with Crippen LogP contribution in [0.5, 0.6) is 0 Å². The third-order valence-corrected chi connectivity index (χ3v) is 13.4. The van der Waals surface area contributed by atoms with Crippen molar-refractivity contribution >= 4 is 17.1 Å². The average molecular weight is 732 g/mol. The third kappa shape index (κ3) is 5.22. The van der Waals surface area contributed by atoms with E-state index in [2.05, 4.69) is 207 Å². The van der Waals surface area contributed by atoms with Crippen molar-refractivity contribution in [1.29, 1.82) is 0 Å². The van der Waals surface area contributed by atoms with Crippen LogP contribution >= 0.6 is 0 Å². The summed E-state index contributed by atoms with van der Waals surface area (Å²) in [5.74, 6) is 0. The minimum absolute atomic E-state index is 0.0764. The Balaban J connectivity index is 1.13. The third-order valence-electron chi connectivity index (χ3n) is 13.4. The molecular formula is C56H45N. The minimum atomic E-state index is -0.110. The molecule has 1 fully saturated rings. The highest BCUT2D eigenvalue weighted by Gasteiger charge is 2.45. The first kappa shape index (κ1) is 33.9. The molecule has 8 aromatic rings. The van der Waals surface area contributed by atoms with Crippen LogP contribution in [0.15, 0.2) is 188 Å². The summed E-state index contributed by atoms with van der Waals surface area (Å²) in [6.45, 7) is 4.77. The summed E-state index contributed by atoms with van der Waals surface area (Å²) in [4.78, 5) is 2.51. The predicted molar refractivity (Wildman–Crippen MR) is 240 cm³/mol. The molecule has 1 nitrogen and oxygen atoms in total. The zero-order valence-electron chi connectivity index (χ0n) is 32.7. The van der Waals surface area contributed by atoms with Gasteiger partial charge in [-0.25, -0.2) is 0 Å². The second-order valence-electron chi connectivity index (χ2n) is 16.8. The van der Waals surface area contributed by atoms with Crippen molar-refractivity contribution in [2.24, 2.45) is 0 Å². The minimum Gasteiger partial charge on any atom is -0.310 e. The number of anilines is 3. The molecule has 1 spiro atoms. The monoisotopic (exact) mass is 731 g/mol. The molecule has 0 atom stereocenters.